The Bertz CT molecular complexity index is 488. The monoisotopic (exact) mass is 318 g/mol. The average molecular weight is 319 g/mol. The van der Waals surface area contributed by atoms with E-state index in [2.05, 4.69) is 10.5 Å². The largest absolute Gasteiger partial charge is 0.409 e. The summed E-state index contributed by atoms with van der Waals surface area (Å²) >= 11 is 11.7. The molecular weight excluding hydrogens is 303 g/mol. The number of benzene rings is 1. The van der Waals surface area contributed by atoms with Crippen molar-refractivity contribution < 1.29 is 10.0 Å². The summed E-state index contributed by atoms with van der Waals surface area (Å²) in [6, 6.07) is 4.47. The number of carbonyl (C=O) groups is 1. The quantitative estimate of drug-likeness (QED) is 0.337. The van der Waals surface area contributed by atoms with E-state index in [0.29, 0.717) is 28.8 Å². The highest BCUT2D eigenvalue weighted by atomic mass is 35.5. The van der Waals surface area contributed by atoms with Gasteiger partial charge in [0.1, 0.15) is 5.84 Å². The van der Waals surface area contributed by atoms with E-state index in [4.69, 9.17) is 34.1 Å². The van der Waals surface area contributed by atoms with Gasteiger partial charge in [0.25, 0.3) is 0 Å². The molecule has 8 heteroatoms. The molecule has 20 heavy (non-hydrogen) atoms. The topological polar surface area (TPSA) is 90.9 Å². The van der Waals surface area contributed by atoms with Crippen molar-refractivity contribution in [2.24, 2.45) is 10.9 Å². The van der Waals surface area contributed by atoms with E-state index in [1.165, 1.54) is 4.90 Å². The van der Waals surface area contributed by atoms with Crippen LogP contribution in [0.3, 0.4) is 0 Å². The Hall–Kier alpha value is -1.66. The summed E-state index contributed by atoms with van der Waals surface area (Å²) in [7, 11) is 0. The number of halogens is 2. The van der Waals surface area contributed by atoms with Gasteiger partial charge in [-0.2, -0.15) is 0 Å². The minimum Gasteiger partial charge on any atom is -0.409 e. The van der Waals surface area contributed by atoms with Crippen LogP contribution in [0, 0.1) is 0 Å². The highest BCUT2D eigenvalue weighted by Crippen LogP contribution is 2.22. The van der Waals surface area contributed by atoms with E-state index in [1.807, 2.05) is 6.92 Å². The molecular formula is C12H16Cl2N4O2. The summed E-state index contributed by atoms with van der Waals surface area (Å²) in [4.78, 5) is 13.6. The summed E-state index contributed by atoms with van der Waals surface area (Å²) < 4.78 is 0. The van der Waals surface area contributed by atoms with Gasteiger partial charge in [-0.05, 0) is 25.1 Å². The van der Waals surface area contributed by atoms with Crippen LogP contribution in [-0.4, -0.2) is 35.1 Å². The Balaban J connectivity index is 2.67. The minimum absolute atomic E-state index is 0.0713. The fraction of sp³-hybridized carbons (Fsp3) is 0.333. The standard InChI is InChI=1S/C12H16Cl2N4O2/c1-2-18(4-3-11(15)17-20)12(19)16-10-6-8(13)5-9(14)7-10/h5-7,20H,2-4H2,1H3,(H2,15,17)(H,16,19). The van der Waals surface area contributed by atoms with Crippen molar-refractivity contribution in [3.05, 3.63) is 28.2 Å². The SMILES string of the molecule is CCN(CC/C(N)=N/O)C(=O)Nc1cc(Cl)cc(Cl)c1. The molecule has 0 aliphatic heterocycles. The van der Waals surface area contributed by atoms with Crippen molar-refractivity contribution in [3.63, 3.8) is 0 Å². The van der Waals surface area contributed by atoms with Gasteiger partial charge < -0.3 is 21.2 Å². The van der Waals surface area contributed by atoms with E-state index < -0.39 is 0 Å². The van der Waals surface area contributed by atoms with Gasteiger partial charge in [0, 0.05) is 35.2 Å². The number of carbonyl (C=O) groups excluding carboxylic acids is 1. The molecule has 0 fully saturated rings. The molecule has 0 aliphatic rings. The average Bonchev–Trinajstić information content (AvgIpc) is 2.37. The molecule has 0 aromatic heterocycles. The van der Waals surface area contributed by atoms with E-state index in [0.717, 1.165) is 0 Å². The lowest BCUT2D eigenvalue weighted by molar-refractivity contribution is 0.215. The molecule has 2 amide bonds. The second kappa shape index (κ2) is 7.81. The number of hydrogen-bond acceptors (Lipinski definition) is 3. The van der Waals surface area contributed by atoms with Crippen LogP contribution in [0.4, 0.5) is 10.5 Å². The number of urea groups is 1. The first-order valence-electron chi connectivity index (χ1n) is 5.94. The molecule has 0 bridgehead atoms. The number of nitrogens with two attached hydrogens (primary N) is 1. The van der Waals surface area contributed by atoms with Crippen LogP contribution >= 0.6 is 23.2 Å². The van der Waals surface area contributed by atoms with Crippen molar-refractivity contribution in [2.75, 3.05) is 18.4 Å². The summed E-state index contributed by atoms with van der Waals surface area (Å²) in [5.41, 5.74) is 5.88. The number of amides is 2. The van der Waals surface area contributed by atoms with Gasteiger partial charge in [-0.25, -0.2) is 4.79 Å². The van der Waals surface area contributed by atoms with Crippen LogP contribution in [0.25, 0.3) is 0 Å². The number of nitrogens with zero attached hydrogens (tertiary/aromatic N) is 2. The van der Waals surface area contributed by atoms with Crippen molar-refractivity contribution in [2.45, 2.75) is 13.3 Å². The molecule has 1 aromatic rings. The van der Waals surface area contributed by atoms with E-state index in [1.54, 1.807) is 18.2 Å². The first-order chi connectivity index (χ1) is 9.46. The Kier molecular flexibility index (Phi) is 6.41. The van der Waals surface area contributed by atoms with Crippen LogP contribution in [0.15, 0.2) is 23.4 Å². The third kappa shape index (κ3) is 5.14. The maximum Gasteiger partial charge on any atom is 0.321 e. The lowest BCUT2D eigenvalue weighted by Crippen LogP contribution is -2.37. The normalized spacial score (nSPS) is 11.2. The molecule has 110 valence electrons. The first kappa shape index (κ1) is 16.4. The van der Waals surface area contributed by atoms with Gasteiger partial charge in [0.15, 0.2) is 0 Å². The highest BCUT2D eigenvalue weighted by molar-refractivity contribution is 6.35. The van der Waals surface area contributed by atoms with Crippen LogP contribution in [0.5, 0.6) is 0 Å². The smallest absolute Gasteiger partial charge is 0.321 e. The Morgan fingerprint density at radius 1 is 1.40 bits per heavy atom. The molecule has 4 N–H and O–H groups in total. The number of oxime groups is 1. The van der Waals surface area contributed by atoms with E-state index in [9.17, 15) is 4.79 Å². The van der Waals surface area contributed by atoms with Crippen molar-refractivity contribution in [3.8, 4) is 0 Å². The number of amidine groups is 1. The fourth-order valence-electron chi connectivity index (χ4n) is 1.53. The maximum absolute atomic E-state index is 12.1. The molecule has 0 spiro atoms. The van der Waals surface area contributed by atoms with E-state index >= 15 is 0 Å². The Morgan fingerprint density at radius 2 is 2.00 bits per heavy atom. The molecule has 0 saturated heterocycles. The lowest BCUT2D eigenvalue weighted by atomic mass is 10.3. The predicted octanol–water partition coefficient (Wildman–Crippen LogP) is 2.98. The highest BCUT2D eigenvalue weighted by Gasteiger charge is 2.12. The zero-order chi connectivity index (χ0) is 15.1. The fourth-order valence-corrected chi connectivity index (χ4v) is 2.06. The molecule has 1 aromatic carbocycles. The van der Waals surface area contributed by atoms with Crippen LogP contribution in [0.2, 0.25) is 10.0 Å². The number of anilines is 1. The summed E-state index contributed by atoms with van der Waals surface area (Å²) in [6.07, 6.45) is 0.286. The predicted molar refractivity (Wildman–Crippen MR) is 80.8 cm³/mol. The van der Waals surface area contributed by atoms with Crippen LogP contribution in [-0.2, 0) is 0 Å². The third-order valence-corrected chi connectivity index (χ3v) is 2.99. The van der Waals surface area contributed by atoms with Gasteiger partial charge in [0.05, 0.1) is 0 Å². The Labute approximate surface area is 127 Å². The third-order valence-electron chi connectivity index (χ3n) is 2.55. The zero-order valence-corrected chi connectivity index (χ0v) is 12.4. The molecule has 0 atom stereocenters. The number of nitrogens with one attached hydrogen (secondary N) is 1. The molecule has 0 radical (unpaired) electrons. The van der Waals surface area contributed by atoms with Gasteiger partial charge in [-0.3, -0.25) is 0 Å². The molecule has 0 unspecified atom stereocenters. The van der Waals surface area contributed by atoms with Crippen molar-refractivity contribution in [1.82, 2.24) is 4.90 Å². The summed E-state index contributed by atoms with van der Waals surface area (Å²) in [5, 5.41) is 14.9. The van der Waals surface area contributed by atoms with Crippen LogP contribution < -0.4 is 11.1 Å². The minimum atomic E-state index is -0.309. The molecule has 6 nitrogen and oxygen atoms in total. The second-order valence-corrected chi connectivity index (χ2v) is 4.88. The van der Waals surface area contributed by atoms with Gasteiger partial charge in [-0.15, -0.1) is 0 Å². The van der Waals surface area contributed by atoms with Gasteiger partial charge >= 0.3 is 6.03 Å². The lowest BCUT2D eigenvalue weighted by Gasteiger charge is -2.21. The zero-order valence-electron chi connectivity index (χ0n) is 10.9. The summed E-state index contributed by atoms with van der Waals surface area (Å²) in [5.74, 6) is 0.0713. The van der Waals surface area contributed by atoms with Gasteiger partial charge in [0.2, 0.25) is 0 Å². The Morgan fingerprint density at radius 3 is 2.50 bits per heavy atom. The molecule has 0 aliphatic carbocycles. The summed E-state index contributed by atoms with van der Waals surface area (Å²) in [6.45, 7) is 2.65. The second-order valence-electron chi connectivity index (χ2n) is 4.01. The van der Waals surface area contributed by atoms with Crippen molar-refractivity contribution >= 4 is 40.8 Å². The first-order valence-corrected chi connectivity index (χ1v) is 6.70. The number of rotatable bonds is 5. The molecule has 1 rings (SSSR count). The van der Waals surface area contributed by atoms with Gasteiger partial charge in [-0.1, -0.05) is 28.4 Å². The maximum atomic E-state index is 12.1. The van der Waals surface area contributed by atoms with E-state index in [-0.39, 0.29) is 18.3 Å². The number of hydrogen-bond donors (Lipinski definition) is 3. The molecule has 0 heterocycles. The van der Waals surface area contributed by atoms with Crippen LogP contribution in [0.1, 0.15) is 13.3 Å². The van der Waals surface area contributed by atoms with Crippen molar-refractivity contribution in [1.29, 1.82) is 0 Å². The molecule has 0 saturated carbocycles.